The highest BCUT2D eigenvalue weighted by molar-refractivity contribution is 6.31. The molecule has 0 aromatic heterocycles. The zero-order chi connectivity index (χ0) is 8.97. The molecule has 66 valence electrons. The number of anilines is 1. The van der Waals surface area contributed by atoms with E-state index in [1.807, 2.05) is 32.2 Å². The maximum Gasteiger partial charge on any atom is 0.0650 e. The Balaban J connectivity index is 2.78. The number of halogens is 1. The lowest BCUT2D eigenvalue weighted by Crippen LogP contribution is -2.17. The summed E-state index contributed by atoms with van der Waals surface area (Å²) in [7, 11) is 1.90. The van der Waals surface area contributed by atoms with Gasteiger partial charge in [0.1, 0.15) is 0 Å². The van der Waals surface area contributed by atoms with Crippen LogP contribution in [0.5, 0.6) is 0 Å². The molecule has 2 N–H and O–H groups in total. The van der Waals surface area contributed by atoms with Crippen molar-refractivity contribution in [3.8, 4) is 0 Å². The first-order valence-corrected chi connectivity index (χ1v) is 4.27. The van der Waals surface area contributed by atoms with Crippen molar-refractivity contribution in [1.82, 2.24) is 5.32 Å². The van der Waals surface area contributed by atoms with Gasteiger partial charge >= 0.3 is 0 Å². The topological polar surface area (TPSA) is 24.1 Å². The minimum absolute atomic E-state index is 0.751. The molecule has 1 aromatic carbocycles. The van der Waals surface area contributed by atoms with Crippen molar-refractivity contribution in [3.63, 3.8) is 0 Å². The van der Waals surface area contributed by atoms with E-state index in [0.29, 0.717) is 0 Å². The molecule has 0 bridgehead atoms. The zero-order valence-corrected chi connectivity index (χ0v) is 8.07. The van der Waals surface area contributed by atoms with Crippen molar-refractivity contribution >= 4 is 17.3 Å². The molecule has 0 saturated carbocycles. The summed E-state index contributed by atoms with van der Waals surface area (Å²) in [6, 6.07) is 5.84. The third-order valence-corrected chi connectivity index (χ3v) is 2.13. The Morgan fingerprint density at radius 1 is 1.42 bits per heavy atom. The first-order valence-electron chi connectivity index (χ1n) is 3.89. The summed E-state index contributed by atoms with van der Waals surface area (Å²) >= 11 is 5.93. The molecular weight excluding hydrogens is 172 g/mol. The van der Waals surface area contributed by atoms with Gasteiger partial charge in [-0.05, 0) is 31.7 Å². The van der Waals surface area contributed by atoms with Gasteiger partial charge < -0.3 is 10.6 Å². The van der Waals surface area contributed by atoms with Gasteiger partial charge in [0.05, 0.1) is 6.67 Å². The molecule has 0 unspecified atom stereocenters. The lowest BCUT2D eigenvalue weighted by molar-refractivity contribution is 0.873. The van der Waals surface area contributed by atoms with Gasteiger partial charge in [-0.3, -0.25) is 0 Å². The lowest BCUT2D eigenvalue weighted by Gasteiger charge is -2.09. The standard InChI is InChI=1S/C9H13ClN2/c1-7-8(10)4-3-5-9(7)12-6-11-2/h3-5,11-12H,6H2,1-2H3. The first-order chi connectivity index (χ1) is 5.75. The van der Waals surface area contributed by atoms with E-state index in [1.165, 1.54) is 0 Å². The number of benzene rings is 1. The Bertz CT molecular complexity index is 261. The predicted molar refractivity (Wildman–Crippen MR) is 53.7 cm³/mol. The molecule has 0 saturated heterocycles. The van der Waals surface area contributed by atoms with Crippen molar-refractivity contribution in [2.75, 3.05) is 19.0 Å². The van der Waals surface area contributed by atoms with Crippen LogP contribution in [0.15, 0.2) is 18.2 Å². The van der Waals surface area contributed by atoms with E-state index in [9.17, 15) is 0 Å². The number of hydrogen-bond donors (Lipinski definition) is 2. The van der Waals surface area contributed by atoms with Crippen molar-refractivity contribution in [3.05, 3.63) is 28.8 Å². The van der Waals surface area contributed by atoms with Crippen molar-refractivity contribution in [2.45, 2.75) is 6.92 Å². The van der Waals surface area contributed by atoms with Crippen molar-refractivity contribution in [2.24, 2.45) is 0 Å². The van der Waals surface area contributed by atoms with Crippen LogP contribution in [0.25, 0.3) is 0 Å². The summed E-state index contributed by atoms with van der Waals surface area (Å²) in [6.45, 7) is 2.75. The summed E-state index contributed by atoms with van der Waals surface area (Å²) in [6.07, 6.45) is 0. The molecule has 0 heterocycles. The normalized spacial score (nSPS) is 9.92. The zero-order valence-electron chi connectivity index (χ0n) is 7.32. The van der Waals surface area contributed by atoms with Crippen LogP contribution in [-0.4, -0.2) is 13.7 Å². The number of rotatable bonds is 3. The molecule has 0 spiro atoms. The van der Waals surface area contributed by atoms with Gasteiger partial charge in [0.2, 0.25) is 0 Å². The third kappa shape index (κ3) is 2.13. The van der Waals surface area contributed by atoms with Crippen LogP contribution in [0.4, 0.5) is 5.69 Å². The fourth-order valence-electron chi connectivity index (χ4n) is 0.983. The van der Waals surface area contributed by atoms with Crippen LogP contribution in [0.2, 0.25) is 5.02 Å². The minimum atomic E-state index is 0.751. The Morgan fingerprint density at radius 3 is 2.83 bits per heavy atom. The van der Waals surface area contributed by atoms with Crippen LogP contribution in [0, 0.1) is 6.92 Å². The van der Waals surface area contributed by atoms with Gasteiger partial charge in [-0.2, -0.15) is 0 Å². The van der Waals surface area contributed by atoms with E-state index in [-0.39, 0.29) is 0 Å². The summed E-state index contributed by atoms with van der Waals surface area (Å²) < 4.78 is 0. The van der Waals surface area contributed by atoms with E-state index in [0.717, 1.165) is 22.9 Å². The fraction of sp³-hybridized carbons (Fsp3) is 0.333. The maximum atomic E-state index is 5.93. The summed E-state index contributed by atoms with van der Waals surface area (Å²) in [4.78, 5) is 0. The third-order valence-electron chi connectivity index (χ3n) is 1.72. The smallest absolute Gasteiger partial charge is 0.0650 e. The Kier molecular flexibility index (Phi) is 3.38. The van der Waals surface area contributed by atoms with Gasteiger partial charge in [0.15, 0.2) is 0 Å². The van der Waals surface area contributed by atoms with Crippen LogP contribution >= 0.6 is 11.6 Å². The second-order valence-corrected chi connectivity index (χ2v) is 3.03. The van der Waals surface area contributed by atoms with E-state index < -0.39 is 0 Å². The quantitative estimate of drug-likeness (QED) is 0.705. The van der Waals surface area contributed by atoms with Gasteiger partial charge in [-0.15, -0.1) is 0 Å². The summed E-state index contributed by atoms with van der Waals surface area (Å²) in [5.74, 6) is 0. The van der Waals surface area contributed by atoms with Crippen molar-refractivity contribution in [1.29, 1.82) is 0 Å². The molecule has 0 aliphatic heterocycles. The summed E-state index contributed by atoms with van der Waals surface area (Å²) in [5.41, 5.74) is 2.17. The molecule has 2 nitrogen and oxygen atoms in total. The number of nitrogens with one attached hydrogen (secondary N) is 2. The Hall–Kier alpha value is -0.730. The van der Waals surface area contributed by atoms with Gasteiger partial charge in [0, 0.05) is 10.7 Å². The highest BCUT2D eigenvalue weighted by Gasteiger charge is 1.99. The Morgan fingerprint density at radius 2 is 2.17 bits per heavy atom. The highest BCUT2D eigenvalue weighted by atomic mass is 35.5. The van der Waals surface area contributed by atoms with Crippen molar-refractivity contribution < 1.29 is 0 Å². The van der Waals surface area contributed by atoms with E-state index in [4.69, 9.17) is 11.6 Å². The summed E-state index contributed by atoms with van der Waals surface area (Å²) in [5, 5.41) is 7.02. The molecule has 0 radical (unpaired) electrons. The van der Waals surface area contributed by atoms with Crippen LogP contribution in [0.1, 0.15) is 5.56 Å². The SMILES string of the molecule is CNCNc1cccc(Cl)c1C. The second-order valence-electron chi connectivity index (χ2n) is 2.62. The highest BCUT2D eigenvalue weighted by Crippen LogP contribution is 2.22. The van der Waals surface area contributed by atoms with E-state index in [1.54, 1.807) is 0 Å². The molecule has 0 fully saturated rings. The lowest BCUT2D eigenvalue weighted by atomic mass is 10.2. The van der Waals surface area contributed by atoms with E-state index >= 15 is 0 Å². The second kappa shape index (κ2) is 4.33. The van der Waals surface area contributed by atoms with Gasteiger partial charge in [0.25, 0.3) is 0 Å². The van der Waals surface area contributed by atoms with Gasteiger partial charge in [-0.25, -0.2) is 0 Å². The van der Waals surface area contributed by atoms with Gasteiger partial charge in [-0.1, -0.05) is 17.7 Å². The van der Waals surface area contributed by atoms with Crippen LogP contribution in [0.3, 0.4) is 0 Å². The van der Waals surface area contributed by atoms with E-state index in [2.05, 4.69) is 10.6 Å². The maximum absolute atomic E-state index is 5.93. The molecule has 12 heavy (non-hydrogen) atoms. The first kappa shape index (κ1) is 9.36. The molecule has 3 heteroatoms. The monoisotopic (exact) mass is 184 g/mol. The number of hydrogen-bond acceptors (Lipinski definition) is 2. The average Bonchev–Trinajstić information content (AvgIpc) is 2.08. The molecule has 1 aromatic rings. The fourth-order valence-corrected chi connectivity index (χ4v) is 1.16. The molecule has 1 rings (SSSR count). The molecule has 0 aliphatic carbocycles. The average molecular weight is 185 g/mol. The van der Waals surface area contributed by atoms with Crippen LogP contribution in [-0.2, 0) is 0 Å². The largest absolute Gasteiger partial charge is 0.372 e. The molecule has 0 aliphatic rings. The predicted octanol–water partition coefficient (Wildman–Crippen LogP) is 2.24. The Labute approximate surface area is 77.9 Å². The molecule has 0 amide bonds. The molecular formula is C9H13ClN2. The van der Waals surface area contributed by atoms with Crippen LogP contribution < -0.4 is 10.6 Å². The minimum Gasteiger partial charge on any atom is -0.372 e. The molecule has 0 atom stereocenters.